The Morgan fingerprint density at radius 1 is 1.16 bits per heavy atom. The lowest BCUT2D eigenvalue weighted by molar-refractivity contribution is -0.116. The number of hydrogen-bond acceptors (Lipinski definition) is 4. The monoisotopic (exact) mass is 366 g/mol. The summed E-state index contributed by atoms with van der Waals surface area (Å²) < 4.78 is 44.2. The number of amides is 1. The minimum Gasteiger partial charge on any atom is -0.380 e. The summed E-state index contributed by atoms with van der Waals surface area (Å²) in [6.45, 7) is 0.366. The largest absolute Gasteiger partial charge is 0.380 e. The molecule has 25 heavy (non-hydrogen) atoms. The van der Waals surface area contributed by atoms with Crippen LogP contribution >= 0.6 is 0 Å². The SMILES string of the molecule is COCc1cccc(NC(=O)CCNS(=O)(=O)c2ccc(F)cc2)c1. The lowest BCUT2D eigenvalue weighted by Crippen LogP contribution is -2.27. The molecule has 2 aromatic carbocycles. The van der Waals surface area contributed by atoms with E-state index in [-0.39, 0.29) is 23.8 Å². The minimum absolute atomic E-state index is 0.0328. The summed E-state index contributed by atoms with van der Waals surface area (Å²) in [6.07, 6.45) is -0.0328. The first-order chi connectivity index (χ1) is 11.9. The molecule has 0 aliphatic carbocycles. The van der Waals surface area contributed by atoms with Gasteiger partial charge >= 0.3 is 0 Å². The fraction of sp³-hybridized carbons (Fsp3) is 0.235. The van der Waals surface area contributed by atoms with E-state index in [1.165, 1.54) is 12.1 Å². The molecule has 0 unspecified atom stereocenters. The van der Waals surface area contributed by atoms with Crippen LogP contribution in [0.2, 0.25) is 0 Å². The molecule has 1 amide bonds. The van der Waals surface area contributed by atoms with Gasteiger partial charge in [-0.15, -0.1) is 0 Å². The van der Waals surface area contributed by atoms with Crippen molar-refractivity contribution >= 4 is 21.6 Å². The molecule has 2 aromatic rings. The molecule has 0 spiro atoms. The molecule has 0 bridgehead atoms. The van der Waals surface area contributed by atoms with Crippen LogP contribution in [0.1, 0.15) is 12.0 Å². The number of ether oxygens (including phenoxy) is 1. The van der Waals surface area contributed by atoms with Crippen LogP contribution < -0.4 is 10.0 Å². The number of carbonyl (C=O) groups is 1. The van der Waals surface area contributed by atoms with Crippen molar-refractivity contribution in [1.29, 1.82) is 0 Å². The zero-order valence-electron chi connectivity index (χ0n) is 13.7. The molecular formula is C17H19FN2O4S. The Bertz CT molecular complexity index is 823. The number of sulfonamides is 1. The Morgan fingerprint density at radius 3 is 2.56 bits per heavy atom. The Hall–Kier alpha value is -2.29. The van der Waals surface area contributed by atoms with Crippen molar-refractivity contribution in [2.75, 3.05) is 19.0 Å². The molecule has 0 aromatic heterocycles. The van der Waals surface area contributed by atoms with Gasteiger partial charge in [-0.05, 0) is 42.0 Å². The first kappa shape index (κ1) is 19.0. The highest BCUT2D eigenvalue weighted by Gasteiger charge is 2.14. The Kier molecular flexibility index (Phi) is 6.63. The van der Waals surface area contributed by atoms with Gasteiger partial charge in [0.25, 0.3) is 0 Å². The van der Waals surface area contributed by atoms with E-state index in [1.807, 2.05) is 6.07 Å². The Labute approximate surface area is 146 Å². The highest BCUT2D eigenvalue weighted by molar-refractivity contribution is 7.89. The first-order valence-corrected chi connectivity index (χ1v) is 9.02. The highest BCUT2D eigenvalue weighted by atomic mass is 32.2. The zero-order chi connectivity index (χ0) is 18.3. The summed E-state index contributed by atoms with van der Waals surface area (Å²) in [5.41, 5.74) is 1.53. The van der Waals surface area contributed by atoms with Gasteiger partial charge in [0, 0.05) is 25.8 Å². The number of hydrogen-bond donors (Lipinski definition) is 2. The van der Waals surface area contributed by atoms with E-state index in [4.69, 9.17) is 4.74 Å². The van der Waals surface area contributed by atoms with Gasteiger partial charge in [0.05, 0.1) is 11.5 Å². The molecule has 6 nitrogen and oxygen atoms in total. The molecular weight excluding hydrogens is 347 g/mol. The maximum absolute atomic E-state index is 12.8. The quantitative estimate of drug-likeness (QED) is 0.751. The second kappa shape index (κ2) is 8.70. The van der Waals surface area contributed by atoms with Gasteiger partial charge in [0.2, 0.25) is 15.9 Å². The van der Waals surface area contributed by atoms with E-state index in [9.17, 15) is 17.6 Å². The molecule has 0 fully saturated rings. The van der Waals surface area contributed by atoms with E-state index in [2.05, 4.69) is 10.0 Å². The van der Waals surface area contributed by atoms with Crippen molar-refractivity contribution in [3.8, 4) is 0 Å². The molecule has 0 aliphatic rings. The van der Waals surface area contributed by atoms with Crippen LogP contribution in [0, 0.1) is 5.82 Å². The number of carbonyl (C=O) groups excluding carboxylic acids is 1. The number of methoxy groups -OCH3 is 1. The van der Waals surface area contributed by atoms with Crippen LogP contribution in [0.5, 0.6) is 0 Å². The maximum atomic E-state index is 12.8. The summed E-state index contributed by atoms with van der Waals surface area (Å²) in [5.74, 6) is -0.842. The molecule has 0 heterocycles. The fourth-order valence-corrected chi connectivity index (χ4v) is 3.16. The third-order valence-electron chi connectivity index (χ3n) is 3.29. The molecule has 134 valence electrons. The fourth-order valence-electron chi connectivity index (χ4n) is 2.13. The van der Waals surface area contributed by atoms with Crippen LogP contribution in [0.3, 0.4) is 0 Å². The van der Waals surface area contributed by atoms with E-state index in [0.29, 0.717) is 12.3 Å². The summed E-state index contributed by atoms with van der Waals surface area (Å²) in [4.78, 5) is 11.9. The first-order valence-electron chi connectivity index (χ1n) is 7.54. The van der Waals surface area contributed by atoms with Gasteiger partial charge in [-0.2, -0.15) is 0 Å². The van der Waals surface area contributed by atoms with E-state index in [1.54, 1.807) is 25.3 Å². The van der Waals surface area contributed by atoms with Crippen molar-refractivity contribution in [3.63, 3.8) is 0 Å². The molecule has 0 atom stereocenters. The van der Waals surface area contributed by atoms with Crippen LogP contribution in [-0.4, -0.2) is 28.0 Å². The van der Waals surface area contributed by atoms with E-state index < -0.39 is 15.8 Å². The van der Waals surface area contributed by atoms with Crippen LogP contribution in [0.25, 0.3) is 0 Å². The standard InChI is InChI=1S/C17H19FN2O4S/c1-24-12-13-3-2-4-15(11-13)20-17(21)9-10-19-25(22,23)16-7-5-14(18)6-8-16/h2-8,11,19H,9-10,12H2,1H3,(H,20,21). The maximum Gasteiger partial charge on any atom is 0.240 e. The lowest BCUT2D eigenvalue weighted by atomic mass is 10.2. The van der Waals surface area contributed by atoms with Crippen molar-refractivity contribution < 1.29 is 22.3 Å². The number of anilines is 1. The van der Waals surface area contributed by atoms with Crippen molar-refractivity contribution in [2.24, 2.45) is 0 Å². The number of benzene rings is 2. The summed E-state index contributed by atoms with van der Waals surface area (Å²) in [7, 11) is -2.19. The minimum atomic E-state index is -3.77. The second-order valence-electron chi connectivity index (χ2n) is 5.28. The molecule has 8 heteroatoms. The molecule has 2 N–H and O–H groups in total. The summed E-state index contributed by atoms with van der Waals surface area (Å²) in [6, 6.07) is 11.6. The predicted octanol–water partition coefficient (Wildman–Crippen LogP) is 2.28. The Morgan fingerprint density at radius 2 is 1.88 bits per heavy atom. The van der Waals surface area contributed by atoms with Crippen molar-refractivity contribution in [2.45, 2.75) is 17.9 Å². The van der Waals surface area contributed by atoms with Gasteiger partial charge in [-0.3, -0.25) is 4.79 Å². The predicted molar refractivity (Wildman–Crippen MR) is 92.0 cm³/mol. The second-order valence-corrected chi connectivity index (χ2v) is 7.05. The van der Waals surface area contributed by atoms with Crippen LogP contribution in [0.15, 0.2) is 53.4 Å². The van der Waals surface area contributed by atoms with E-state index in [0.717, 1.165) is 17.7 Å². The summed E-state index contributed by atoms with van der Waals surface area (Å²) in [5, 5.41) is 2.70. The smallest absolute Gasteiger partial charge is 0.240 e. The molecule has 2 rings (SSSR count). The van der Waals surface area contributed by atoms with Crippen molar-refractivity contribution in [1.82, 2.24) is 4.72 Å². The lowest BCUT2D eigenvalue weighted by Gasteiger charge is -2.09. The molecule has 0 aliphatic heterocycles. The summed E-state index contributed by atoms with van der Waals surface area (Å²) >= 11 is 0. The molecule has 0 saturated carbocycles. The van der Waals surface area contributed by atoms with Crippen molar-refractivity contribution in [3.05, 3.63) is 59.9 Å². The number of halogens is 1. The Balaban J connectivity index is 1.85. The molecule has 0 saturated heterocycles. The van der Waals surface area contributed by atoms with E-state index >= 15 is 0 Å². The number of rotatable bonds is 8. The topological polar surface area (TPSA) is 84.5 Å². The molecule has 0 radical (unpaired) electrons. The van der Waals surface area contributed by atoms with Gasteiger partial charge in [0.1, 0.15) is 5.82 Å². The third-order valence-corrected chi connectivity index (χ3v) is 4.77. The normalized spacial score (nSPS) is 11.3. The van der Waals surface area contributed by atoms with Gasteiger partial charge in [0.15, 0.2) is 0 Å². The van der Waals surface area contributed by atoms with Gasteiger partial charge in [-0.1, -0.05) is 12.1 Å². The average molecular weight is 366 g/mol. The number of nitrogens with one attached hydrogen (secondary N) is 2. The van der Waals surface area contributed by atoms with Gasteiger partial charge in [-0.25, -0.2) is 17.5 Å². The van der Waals surface area contributed by atoms with Crippen LogP contribution in [-0.2, 0) is 26.2 Å². The van der Waals surface area contributed by atoms with Crippen LogP contribution in [0.4, 0.5) is 10.1 Å². The zero-order valence-corrected chi connectivity index (χ0v) is 14.5. The third kappa shape index (κ3) is 5.93. The highest BCUT2D eigenvalue weighted by Crippen LogP contribution is 2.12. The average Bonchev–Trinajstić information content (AvgIpc) is 2.55. The van der Waals surface area contributed by atoms with Gasteiger partial charge < -0.3 is 10.1 Å².